The lowest BCUT2D eigenvalue weighted by Crippen LogP contribution is -2.23. The Hall–Kier alpha value is -2.04. The van der Waals surface area contributed by atoms with E-state index in [-0.39, 0.29) is 29.5 Å². The van der Waals surface area contributed by atoms with Gasteiger partial charge in [0.2, 0.25) is 0 Å². The van der Waals surface area contributed by atoms with Gasteiger partial charge in [0.25, 0.3) is 0 Å². The zero-order valence-electron chi connectivity index (χ0n) is 14.4. The Morgan fingerprint density at radius 1 is 1.24 bits per heavy atom. The molecule has 2 unspecified atom stereocenters. The van der Waals surface area contributed by atoms with Crippen LogP contribution in [0.5, 0.6) is 0 Å². The van der Waals surface area contributed by atoms with Crippen LogP contribution in [0.1, 0.15) is 29.8 Å². The first-order valence-corrected chi connectivity index (χ1v) is 8.64. The molecule has 0 saturated carbocycles. The van der Waals surface area contributed by atoms with Gasteiger partial charge < -0.3 is 9.47 Å². The van der Waals surface area contributed by atoms with E-state index in [4.69, 9.17) is 9.47 Å². The van der Waals surface area contributed by atoms with Gasteiger partial charge in [-0.05, 0) is 50.0 Å². The average Bonchev–Trinajstić information content (AvgIpc) is 2.87. The Kier molecular flexibility index (Phi) is 3.97. The largest absolute Gasteiger partial charge is 0.347 e. The van der Waals surface area contributed by atoms with Crippen molar-refractivity contribution >= 4 is 5.78 Å². The maximum atomic E-state index is 13.8. The number of hydrogen-bond acceptors (Lipinski definition) is 3. The van der Waals surface area contributed by atoms with E-state index in [1.54, 1.807) is 6.07 Å². The number of Topliss-reactive ketones (excluding diaryl/α,β-unsaturated/α-hetero) is 1. The fourth-order valence-corrected chi connectivity index (χ4v) is 3.87. The van der Waals surface area contributed by atoms with Crippen LogP contribution in [-0.2, 0) is 15.9 Å². The summed E-state index contributed by atoms with van der Waals surface area (Å²) in [6, 6.07) is 4.51. The third kappa shape index (κ3) is 3.12. The van der Waals surface area contributed by atoms with Gasteiger partial charge in [-0.2, -0.15) is 0 Å². The number of carbonyl (C=O) groups is 1. The standard InChI is InChI=1S/C21H21FO3/c1-21(2)24-12-16(25-21)11-19-17-6-4-3-5-13(17)9-14-7-8-15(22)10-18(14)20(19)23/h3-8,10-11,13,16-17H,9,12H2,1-2H3/b19-11-/t13?,16-,17?/m1/s1. The van der Waals surface area contributed by atoms with Gasteiger partial charge in [-0.25, -0.2) is 4.39 Å². The van der Waals surface area contributed by atoms with Crippen molar-refractivity contribution in [2.45, 2.75) is 32.2 Å². The van der Waals surface area contributed by atoms with Crippen LogP contribution in [0, 0.1) is 17.7 Å². The molecule has 3 aliphatic rings. The highest BCUT2D eigenvalue weighted by atomic mass is 19.1. The van der Waals surface area contributed by atoms with Crippen LogP contribution in [0.25, 0.3) is 0 Å². The molecule has 3 atom stereocenters. The maximum absolute atomic E-state index is 13.8. The highest BCUT2D eigenvalue weighted by Gasteiger charge is 2.36. The molecule has 0 radical (unpaired) electrons. The number of halogens is 1. The lowest BCUT2D eigenvalue weighted by Gasteiger charge is -2.24. The minimum absolute atomic E-state index is 0.0275. The van der Waals surface area contributed by atoms with Crippen LogP contribution >= 0.6 is 0 Å². The van der Waals surface area contributed by atoms with Crippen LogP contribution in [0.3, 0.4) is 0 Å². The van der Waals surface area contributed by atoms with Gasteiger partial charge in [0.15, 0.2) is 11.6 Å². The fourth-order valence-electron chi connectivity index (χ4n) is 3.87. The van der Waals surface area contributed by atoms with E-state index >= 15 is 0 Å². The lowest BCUT2D eigenvalue weighted by atomic mass is 9.80. The normalized spacial score (nSPS) is 31.7. The number of carbonyl (C=O) groups excluding carboxylic acids is 1. The number of ether oxygens (including phenoxy) is 2. The smallest absolute Gasteiger partial charge is 0.189 e. The molecule has 1 aromatic rings. The fraction of sp³-hybridized carbons (Fsp3) is 0.381. The zero-order valence-corrected chi connectivity index (χ0v) is 14.4. The molecule has 1 aromatic carbocycles. The SMILES string of the molecule is CC1(C)OC[C@@H](/C=C2\C(=O)c3cc(F)ccc3CC3C=CC=CC23)O1. The topological polar surface area (TPSA) is 35.5 Å². The minimum atomic E-state index is -0.652. The third-order valence-corrected chi connectivity index (χ3v) is 5.04. The van der Waals surface area contributed by atoms with Gasteiger partial charge in [-0.1, -0.05) is 30.4 Å². The summed E-state index contributed by atoms with van der Waals surface area (Å²) in [5.41, 5.74) is 2.02. The molecule has 3 nitrogen and oxygen atoms in total. The molecular formula is C21H21FO3. The third-order valence-electron chi connectivity index (χ3n) is 5.04. The predicted molar refractivity (Wildman–Crippen MR) is 92.7 cm³/mol. The molecule has 4 heteroatoms. The predicted octanol–water partition coefficient (Wildman–Crippen LogP) is 4.00. The Morgan fingerprint density at radius 3 is 2.80 bits per heavy atom. The van der Waals surface area contributed by atoms with Crippen LogP contribution in [0.2, 0.25) is 0 Å². The molecule has 1 saturated heterocycles. The molecule has 0 bridgehead atoms. The molecular weight excluding hydrogens is 319 g/mol. The number of hydrogen-bond donors (Lipinski definition) is 0. The van der Waals surface area contributed by atoms with Crippen molar-refractivity contribution in [1.29, 1.82) is 0 Å². The number of rotatable bonds is 1. The summed E-state index contributed by atoms with van der Waals surface area (Å²) in [6.07, 6.45) is 10.5. The number of allylic oxidation sites excluding steroid dienone is 5. The number of benzene rings is 1. The minimum Gasteiger partial charge on any atom is -0.347 e. The molecule has 2 aliphatic carbocycles. The summed E-state index contributed by atoms with van der Waals surface area (Å²) in [5, 5.41) is 0. The van der Waals surface area contributed by atoms with Crippen molar-refractivity contribution in [3.8, 4) is 0 Å². The van der Waals surface area contributed by atoms with E-state index < -0.39 is 5.79 Å². The van der Waals surface area contributed by atoms with Crippen LogP contribution in [0.4, 0.5) is 4.39 Å². The number of fused-ring (bicyclic) bond motifs is 2. The summed E-state index contributed by atoms with van der Waals surface area (Å²) in [5.74, 6) is -0.997. The molecule has 1 fully saturated rings. The van der Waals surface area contributed by atoms with Crippen molar-refractivity contribution in [1.82, 2.24) is 0 Å². The van der Waals surface area contributed by atoms with Gasteiger partial charge in [-0.15, -0.1) is 0 Å². The van der Waals surface area contributed by atoms with Crippen molar-refractivity contribution in [2.24, 2.45) is 11.8 Å². The van der Waals surface area contributed by atoms with E-state index in [0.29, 0.717) is 17.7 Å². The zero-order chi connectivity index (χ0) is 17.6. The highest BCUT2D eigenvalue weighted by Crippen LogP contribution is 2.37. The molecule has 4 rings (SSSR count). The van der Waals surface area contributed by atoms with Crippen molar-refractivity contribution in [3.63, 3.8) is 0 Å². The lowest BCUT2D eigenvalue weighted by molar-refractivity contribution is -0.133. The first-order chi connectivity index (χ1) is 11.9. The maximum Gasteiger partial charge on any atom is 0.189 e. The van der Waals surface area contributed by atoms with Crippen molar-refractivity contribution in [2.75, 3.05) is 6.61 Å². The second-order valence-electron chi connectivity index (χ2n) is 7.28. The molecule has 1 heterocycles. The van der Waals surface area contributed by atoms with Crippen LogP contribution < -0.4 is 0 Å². The van der Waals surface area contributed by atoms with Gasteiger partial charge in [0.1, 0.15) is 11.9 Å². The Bertz CT molecular complexity index is 803. The Labute approximate surface area is 146 Å². The van der Waals surface area contributed by atoms with Gasteiger partial charge in [0.05, 0.1) is 6.61 Å². The van der Waals surface area contributed by atoms with Gasteiger partial charge in [-0.3, -0.25) is 4.79 Å². The molecule has 0 spiro atoms. The summed E-state index contributed by atoms with van der Waals surface area (Å²) >= 11 is 0. The van der Waals surface area contributed by atoms with Crippen LogP contribution in [0.15, 0.2) is 54.2 Å². The average molecular weight is 340 g/mol. The quantitative estimate of drug-likeness (QED) is 0.725. The van der Waals surface area contributed by atoms with E-state index in [1.807, 2.05) is 32.1 Å². The van der Waals surface area contributed by atoms with E-state index in [1.165, 1.54) is 12.1 Å². The van der Waals surface area contributed by atoms with E-state index in [0.717, 1.165) is 12.0 Å². The molecule has 0 N–H and O–H groups in total. The first kappa shape index (κ1) is 16.4. The molecule has 25 heavy (non-hydrogen) atoms. The Balaban J connectivity index is 1.78. The highest BCUT2D eigenvalue weighted by molar-refractivity contribution is 6.10. The van der Waals surface area contributed by atoms with Gasteiger partial charge in [0, 0.05) is 17.1 Å². The summed E-state index contributed by atoms with van der Waals surface area (Å²) in [6.45, 7) is 4.13. The van der Waals surface area contributed by atoms with E-state index in [2.05, 4.69) is 12.2 Å². The first-order valence-electron chi connectivity index (χ1n) is 8.64. The molecule has 1 aliphatic heterocycles. The molecule has 0 aromatic heterocycles. The summed E-state index contributed by atoms with van der Waals surface area (Å²) in [7, 11) is 0. The molecule has 0 amide bonds. The van der Waals surface area contributed by atoms with Crippen LogP contribution in [-0.4, -0.2) is 24.3 Å². The summed E-state index contributed by atoms with van der Waals surface area (Å²) in [4.78, 5) is 13.2. The Morgan fingerprint density at radius 2 is 2.04 bits per heavy atom. The second kappa shape index (κ2) is 6.04. The second-order valence-corrected chi connectivity index (χ2v) is 7.28. The number of ketones is 1. The summed E-state index contributed by atoms with van der Waals surface area (Å²) < 4.78 is 25.2. The molecule has 130 valence electrons. The van der Waals surface area contributed by atoms with Crippen molar-refractivity contribution in [3.05, 3.63) is 71.1 Å². The van der Waals surface area contributed by atoms with Gasteiger partial charge >= 0.3 is 0 Å². The van der Waals surface area contributed by atoms with Crippen molar-refractivity contribution < 1.29 is 18.7 Å². The van der Waals surface area contributed by atoms with E-state index in [9.17, 15) is 9.18 Å². The monoisotopic (exact) mass is 340 g/mol.